The van der Waals surface area contributed by atoms with E-state index in [2.05, 4.69) is 30.8 Å². The summed E-state index contributed by atoms with van der Waals surface area (Å²) < 4.78 is 4.56. The molecule has 0 saturated heterocycles. The molecule has 1 aliphatic carbocycles. The normalized spacial score (nSPS) is 29.6. The largest absolute Gasteiger partial charge is 0.453 e. The molecule has 1 aliphatic rings. The van der Waals surface area contributed by atoms with Crippen molar-refractivity contribution in [1.82, 2.24) is 5.32 Å². The maximum atomic E-state index is 10.9. The number of amides is 1. The number of alkyl carbamates (subject to hydrolysis) is 1. The highest BCUT2D eigenvalue weighted by atomic mass is 16.5. The Bertz CT molecular complexity index is 226. The number of ether oxygens (including phenoxy) is 1. The highest BCUT2D eigenvalue weighted by molar-refractivity contribution is 5.66. The van der Waals surface area contributed by atoms with Crippen molar-refractivity contribution in [2.24, 2.45) is 17.3 Å². The van der Waals surface area contributed by atoms with Crippen molar-refractivity contribution in [3.63, 3.8) is 0 Å². The number of nitrogens with one attached hydrogen (secondary N) is 1. The molecular weight excluding hydrogens is 190 g/mol. The van der Waals surface area contributed by atoms with E-state index in [1.54, 1.807) is 0 Å². The SMILES string of the molecule is COC(=O)NCC1CCC(C)C(C)(C)C1. The summed E-state index contributed by atoms with van der Waals surface area (Å²) in [5, 5.41) is 2.79. The topological polar surface area (TPSA) is 38.3 Å². The molecule has 1 amide bonds. The van der Waals surface area contributed by atoms with Crippen LogP contribution < -0.4 is 5.32 Å². The van der Waals surface area contributed by atoms with Gasteiger partial charge in [-0.3, -0.25) is 0 Å². The fraction of sp³-hybridized carbons (Fsp3) is 0.917. The van der Waals surface area contributed by atoms with E-state index in [1.165, 1.54) is 26.4 Å². The Morgan fingerprint density at radius 1 is 1.47 bits per heavy atom. The third-order valence-electron chi connectivity index (χ3n) is 3.88. The van der Waals surface area contributed by atoms with Gasteiger partial charge in [0.25, 0.3) is 0 Å². The quantitative estimate of drug-likeness (QED) is 0.766. The van der Waals surface area contributed by atoms with Gasteiger partial charge in [-0.1, -0.05) is 20.8 Å². The molecule has 2 unspecified atom stereocenters. The lowest BCUT2D eigenvalue weighted by Crippen LogP contribution is -2.37. The molecule has 0 aromatic heterocycles. The van der Waals surface area contributed by atoms with Gasteiger partial charge in [-0.2, -0.15) is 0 Å². The number of carbonyl (C=O) groups excluding carboxylic acids is 1. The van der Waals surface area contributed by atoms with Gasteiger partial charge in [-0.15, -0.1) is 0 Å². The molecule has 1 rings (SSSR count). The second kappa shape index (κ2) is 4.86. The summed E-state index contributed by atoms with van der Waals surface area (Å²) in [4.78, 5) is 10.9. The minimum atomic E-state index is -0.313. The third kappa shape index (κ3) is 3.40. The maximum absolute atomic E-state index is 10.9. The van der Waals surface area contributed by atoms with Gasteiger partial charge in [0, 0.05) is 6.54 Å². The van der Waals surface area contributed by atoms with E-state index >= 15 is 0 Å². The van der Waals surface area contributed by atoms with Gasteiger partial charge in [0.1, 0.15) is 0 Å². The van der Waals surface area contributed by atoms with E-state index in [-0.39, 0.29) is 6.09 Å². The van der Waals surface area contributed by atoms with Crippen LogP contribution in [0.5, 0.6) is 0 Å². The minimum absolute atomic E-state index is 0.313. The van der Waals surface area contributed by atoms with E-state index in [4.69, 9.17) is 0 Å². The molecule has 0 bridgehead atoms. The zero-order valence-electron chi connectivity index (χ0n) is 10.3. The minimum Gasteiger partial charge on any atom is -0.453 e. The van der Waals surface area contributed by atoms with E-state index in [0.717, 1.165) is 12.5 Å². The summed E-state index contributed by atoms with van der Waals surface area (Å²) >= 11 is 0. The maximum Gasteiger partial charge on any atom is 0.406 e. The first kappa shape index (κ1) is 12.3. The van der Waals surface area contributed by atoms with Crippen molar-refractivity contribution in [3.8, 4) is 0 Å². The van der Waals surface area contributed by atoms with Gasteiger partial charge in [-0.25, -0.2) is 4.79 Å². The molecule has 88 valence electrons. The Kier molecular flexibility index (Phi) is 4.00. The van der Waals surface area contributed by atoms with Crippen LogP contribution in [0.15, 0.2) is 0 Å². The predicted molar refractivity (Wildman–Crippen MR) is 60.7 cm³/mol. The Labute approximate surface area is 92.6 Å². The molecule has 0 heterocycles. The molecule has 1 N–H and O–H groups in total. The molecule has 0 aromatic carbocycles. The Hall–Kier alpha value is -0.730. The van der Waals surface area contributed by atoms with Crippen molar-refractivity contribution < 1.29 is 9.53 Å². The van der Waals surface area contributed by atoms with Crippen LogP contribution in [0.1, 0.15) is 40.0 Å². The molecule has 2 atom stereocenters. The van der Waals surface area contributed by atoms with Crippen LogP contribution in [0.2, 0.25) is 0 Å². The summed E-state index contributed by atoms with van der Waals surface area (Å²) in [5.41, 5.74) is 0.403. The summed E-state index contributed by atoms with van der Waals surface area (Å²) in [6.07, 6.45) is 3.36. The van der Waals surface area contributed by atoms with Crippen LogP contribution in [0.4, 0.5) is 4.79 Å². The van der Waals surface area contributed by atoms with Gasteiger partial charge in [-0.05, 0) is 36.5 Å². The first-order chi connectivity index (χ1) is 6.95. The summed E-state index contributed by atoms with van der Waals surface area (Å²) in [7, 11) is 1.40. The first-order valence-electron chi connectivity index (χ1n) is 5.77. The Balaban J connectivity index is 2.36. The predicted octanol–water partition coefficient (Wildman–Crippen LogP) is 2.80. The van der Waals surface area contributed by atoms with Crippen molar-refractivity contribution >= 4 is 6.09 Å². The molecule has 3 heteroatoms. The van der Waals surface area contributed by atoms with Crippen LogP contribution >= 0.6 is 0 Å². The molecule has 15 heavy (non-hydrogen) atoms. The Morgan fingerprint density at radius 2 is 2.13 bits per heavy atom. The van der Waals surface area contributed by atoms with Gasteiger partial charge in [0.15, 0.2) is 0 Å². The lowest BCUT2D eigenvalue weighted by molar-refractivity contribution is 0.104. The van der Waals surface area contributed by atoms with E-state index < -0.39 is 0 Å². The first-order valence-corrected chi connectivity index (χ1v) is 5.77. The number of hydrogen-bond acceptors (Lipinski definition) is 2. The zero-order valence-corrected chi connectivity index (χ0v) is 10.3. The third-order valence-corrected chi connectivity index (χ3v) is 3.88. The number of rotatable bonds is 2. The lowest BCUT2D eigenvalue weighted by Gasteiger charge is -2.40. The zero-order chi connectivity index (χ0) is 11.5. The van der Waals surface area contributed by atoms with E-state index in [0.29, 0.717) is 11.3 Å². The average Bonchev–Trinajstić information content (AvgIpc) is 2.19. The van der Waals surface area contributed by atoms with Crippen LogP contribution in [0.25, 0.3) is 0 Å². The molecule has 0 spiro atoms. The van der Waals surface area contributed by atoms with Gasteiger partial charge in [0.2, 0.25) is 0 Å². The van der Waals surface area contributed by atoms with Gasteiger partial charge < -0.3 is 10.1 Å². The van der Waals surface area contributed by atoms with Crippen molar-refractivity contribution in [1.29, 1.82) is 0 Å². The second-order valence-corrected chi connectivity index (χ2v) is 5.41. The molecule has 0 aliphatic heterocycles. The van der Waals surface area contributed by atoms with Crippen LogP contribution in [-0.2, 0) is 4.74 Å². The lowest BCUT2D eigenvalue weighted by atomic mass is 9.66. The molecule has 3 nitrogen and oxygen atoms in total. The Morgan fingerprint density at radius 3 is 2.67 bits per heavy atom. The average molecular weight is 213 g/mol. The highest BCUT2D eigenvalue weighted by Crippen LogP contribution is 2.42. The number of carbonyl (C=O) groups is 1. The van der Waals surface area contributed by atoms with Crippen LogP contribution in [0, 0.1) is 17.3 Å². The molecule has 0 radical (unpaired) electrons. The van der Waals surface area contributed by atoms with Gasteiger partial charge >= 0.3 is 6.09 Å². The molecule has 0 aromatic rings. The summed E-state index contributed by atoms with van der Waals surface area (Å²) in [5.74, 6) is 1.39. The molecule has 1 fully saturated rings. The number of hydrogen-bond donors (Lipinski definition) is 1. The second-order valence-electron chi connectivity index (χ2n) is 5.41. The summed E-state index contributed by atoms with van der Waals surface area (Å²) in [6.45, 7) is 7.72. The standard InChI is InChI=1S/C12H23NO2/c1-9-5-6-10(7-12(9,2)3)8-13-11(14)15-4/h9-10H,5-8H2,1-4H3,(H,13,14). The molecule has 1 saturated carbocycles. The van der Waals surface area contributed by atoms with Crippen molar-refractivity contribution in [2.45, 2.75) is 40.0 Å². The fourth-order valence-corrected chi connectivity index (χ4v) is 2.40. The van der Waals surface area contributed by atoms with Crippen LogP contribution in [0.3, 0.4) is 0 Å². The number of methoxy groups -OCH3 is 1. The highest BCUT2D eigenvalue weighted by Gasteiger charge is 2.33. The van der Waals surface area contributed by atoms with Crippen LogP contribution in [-0.4, -0.2) is 19.7 Å². The fourth-order valence-electron chi connectivity index (χ4n) is 2.40. The van der Waals surface area contributed by atoms with Crippen molar-refractivity contribution in [3.05, 3.63) is 0 Å². The monoisotopic (exact) mass is 213 g/mol. The molecular formula is C12H23NO2. The van der Waals surface area contributed by atoms with E-state index in [1.807, 2.05) is 0 Å². The summed E-state index contributed by atoms with van der Waals surface area (Å²) in [6, 6.07) is 0. The smallest absolute Gasteiger partial charge is 0.406 e. The van der Waals surface area contributed by atoms with Gasteiger partial charge in [0.05, 0.1) is 7.11 Å². The van der Waals surface area contributed by atoms with E-state index in [9.17, 15) is 4.79 Å². The van der Waals surface area contributed by atoms with Crippen molar-refractivity contribution in [2.75, 3.05) is 13.7 Å².